The second kappa shape index (κ2) is 6.98. The number of carbonyl (C=O) groups is 1. The normalized spacial score (nSPS) is 10.4. The van der Waals surface area contributed by atoms with Crippen molar-refractivity contribution in [2.75, 3.05) is 17.7 Å². The van der Waals surface area contributed by atoms with Crippen molar-refractivity contribution in [3.63, 3.8) is 0 Å². The molecule has 0 aromatic heterocycles. The Morgan fingerprint density at radius 2 is 1.73 bits per heavy atom. The molecule has 0 aliphatic heterocycles. The molecule has 0 unspecified atom stereocenters. The molecule has 4 nitrogen and oxygen atoms in total. The van der Waals surface area contributed by atoms with E-state index in [1.54, 1.807) is 7.11 Å². The number of hydrogen-bond donors (Lipinski definition) is 2. The Labute approximate surface area is 131 Å². The van der Waals surface area contributed by atoms with E-state index in [2.05, 4.69) is 24.5 Å². The summed E-state index contributed by atoms with van der Waals surface area (Å²) >= 11 is 0. The molecule has 0 saturated carbocycles. The number of urea groups is 1. The maximum Gasteiger partial charge on any atom is 0.323 e. The summed E-state index contributed by atoms with van der Waals surface area (Å²) in [5, 5.41) is 5.63. The van der Waals surface area contributed by atoms with E-state index in [1.165, 1.54) is 5.56 Å². The molecular formula is C18H22N2O2. The summed E-state index contributed by atoms with van der Waals surface area (Å²) in [6.45, 7) is 6.24. The lowest BCUT2D eigenvalue weighted by molar-refractivity contribution is 0.262. The van der Waals surface area contributed by atoms with E-state index in [9.17, 15) is 4.79 Å². The molecule has 0 aliphatic rings. The number of anilines is 2. The van der Waals surface area contributed by atoms with Gasteiger partial charge in [0.05, 0.1) is 12.8 Å². The zero-order valence-corrected chi connectivity index (χ0v) is 13.4. The molecule has 116 valence electrons. The van der Waals surface area contributed by atoms with Crippen LogP contribution in [0, 0.1) is 6.92 Å². The summed E-state index contributed by atoms with van der Waals surface area (Å²) in [5.74, 6) is 1.11. The van der Waals surface area contributed by atoms with Crippen LogP contribution < -0.4 is 15.4 Å². The number of methoxy groups -OCH3 is 1. The zero-order valence-electron chi connectivity index (χ0n) is 13.4. The summed E-state index contributed by atoms with van der Waals surface area (Å²) in [6, 6.07) is 13.2. The second-order valence-electron chi connectivity index (χ2n) is 5.56. The van der Waals surface area contributed by atoms with E-state index in [1.807, 2.05) is 49.4 Å². The van der Waals surface area contributed by atoms with Crippen LogP contribution >= 0.6 is 0 Å². The minimum absolute atomic E-state index is 0.291. The van der Waals surface area contributed by atoms with E-state index < -0.39 is 0 Å². The molecular weight excluding hydrogens is 276 g/mol. The van der Waals surface area contributed by atoms with Crippen molar-refractivity contribution in [3.05, 3.63) is 53.6 Å². The van der Waals surface area contributed by atoms with Gasteiger partial charge in [-0.15, -0.1) is 0 Å². The van der Waals surface area contributed by atoms with Crippen LogP contribution in [0.4, 0.5) is 16.2 Å². The summed E-state index contributed by atoms with van der Waals surface area (Å²) in [4.78, 5) is 12.1. The highest BCUT2D eigenvalue weighted by atomic mass is 16.5. The van der Waals surface area contributed by atoms with Crippen LogP contribution in [0.1, 0.15) is 30.9 Å². The molecule has 0 radical (unpaired) electrons. The van der Waals surface area contributed by atoms with Crippen LogP contribution in [0.15, 0.2) is 42.5 Å². The molecule has 2 aromatic carbocycles. The zero-order chi connectivity index (χ0) is 16.1. The molecule has 0 heterocycles. The molecule has 2 aromatic rings. The maximum atomic E-state index is 12.1. The monoisotopic (exact) mass is 298 g/mol. The lowest BCUT2D eigenvalue weighted by Crippen LogP contribution is -2.19. The Hall–Kier alpha value is -2.49. The second-order valence-corrected chi connectivity index (χ2v) is 5.56. The van der Waals surface area contributed by atoms with Crippen molar-refractivity contribution in [3.8, 4) is 5.75 Å². The molecule has 2 rings (SSSR count). The third kappa shape index (κ3) is 4.01. The van der Waals surface area contributed by atoms with Gasteiger partial charge >= 0.3 is 6.03 Å². The third-order valence-electron chi connectivity index (χ3n) is 3.44. The Bertz CT molecular complexity index is 649. The largest absolute Gasteiger partial charge is 0.495 e. The van der Waals surface area contributed by atoms with Crippen molar-refractivity contribution in [2.24, 2.45) is 0 Å². The smallest absolute Gasteiger partial charge is 0.323 e. The van der Waals surface area contributed by atoms with Crippen LogP contribution in [-0.2, 0) is 0 Å². The molecule has 0 saturated heterocycles. The van der Waals surface area contributed by atoms with Gasteiger partial charge in [-0.1, -0.05) is 32.0 Å². The van der Waals surface area contributed by atoms with Crippen LogP contribution in [0.2, 0.25) is 0 Å². The Kier molecular flexibility index (Phi) is 5.04. The maximum absolute atomic E-state index is 12.1. The van der Waals surface area contributed by atoms with Gasteiger partial charge in [0.15, 0.2) is 0 Å². The number of aryl methyl sites for hydroxylation is 1. The highest BCUT2D eigenvalue weighted by Gasteiger charge is 2.08. The lowest BCUT2D eigenvalue weighted by atomic mass is 10.0. The van der Waals surface area contributed by atoms with E-state index in [-0.39, 0.29) is 6.03 Å². The van der Waals surface area contributed by atoms with Crippen molar-refractivity contribution in [1.29, 1.82) is 0 Å². The Morgan fingerprint density at radius 3 is 2.32 bits per heavy atom. The number of benzene rings is 2. The number of ether oxygens (including phenoxy) is 1. The van der Waals surface area contributed by atoms with Crippen LogP contribution in [-0.4, -0.2) is 13.1 Å². The molecule has 0 fully saturated rings. The van der Waals surface area contributed by atoms with E-state index >= 15 is 0 Å². The molecule has 4 heteroatoms. The first-order valence-corrected chi connectivity index (χ1v) is 7.32. The van der Waals surface area contributed by atoms with E-state index in [0.29, 0.717) is 17.4 Å². The van der Waals surface area contributed by atoms with Crippen LogP contribution in [0.25, 0.3) is 0 Å². The predicted molar refractivity (Wildman–Crippen MR) is 90.9 cm³/mol. The predicted octanol–water partition coefficient (Wildman–Crippen LogP) is 4.77. The average molecular weight is 298 g/mol. The first-order valence-electron chi connectivity index (χ1n) is 7.32. The fourth-order valence-corrected chi connectivity index (χ4v) is 2.16. The molecule has 0 aliphatic carbocycles. The van der Waals surface area contributed by atoms with Gasteiger partial charge in [-0.05, 0) is 48.2 Å². The number of hydrogen-bond acceptors (Lipinski definition) is 2. The van der Waals surface area contributed by atoms with Crippen molar-refractivity contribution < 1.29 is 9.53 Å². The van der Waals surface area contributed by atoms with Crippen molar-refractivity contribution >= 4 is 17.4 Å². The van der Waals surface area contributed by atoms with Crippen molar-refractivity contribution in [2.45, 2.75) is 26.7 Å². The average Bonchev–Trinajstić information content (AvgIpc) is 2.48. The fraction of sp³-hybridized carbons (Fsp3) is 0.278. The van der Waals surface area contributed by atoms with Gasteiger partial charge in [0.1, 0.15) is 5.75 Å². The van der Waals surface area contributed by atoms with Gasteiger partial charge in [-0.25, -0.2) is 4.79 Å². The number of nitrogens with one attached hydrogen (secondary N) is 2. The quantitative estimate of drug-likeness (QED) is 0.854. The fourth-order valence-electron chi connectivity index (χ4n) is 2.16. The van der Waals surface area contributed by atoms with Gasteiger partial charge < -0.3 is 15.4 Å². The molecule has 2 N–H and O–H groups in total. The lowest BCUT2D eigenvalue weighted by Gasteiger charge is -2.12. The molecule has 0 atom stereocenters. The van der Waals surface area contributed by atoms with Crippen LogP contribution in [0.5, 0.6) is 5.75 Å². The van der Waals surface area contributed by atoms with Gasteiger partial charge in [0.25, 0.3) is 0 Å². The molecule has 0 spiro atoms. The third-order valence-corrected chi connectivity index (χ3v) is 3.44. The molecule has 2 amide bonds. The standard InChI is InChI=1S/C18H22N2O2/c1-12(2)14-6-8-15(9-7-14)19-18(21)20-16-11-13(3)5-10-17(16)22-4/h5-12H,1-4H3,(H2,19,20,21). The summed E-state index contributed by atoms with van der Waals surface area (Å²) in [5.41, 5.74) is 3.70. The number of amides is 2. The van der Waals surface area contributed by atoms with E-state index in [4.69, 9.17) is 4.74 Å². The Morgan fingerprint density at radius 1 is 1.05 bits per heavy atom. The molecule has 22 heavy (non-hydrogen) atoms. The van der Waals surface area contributed by atoms with Gasteiger partial charge in [0, 0.05) is 5.69 Å². The van der Waals surface area contributed by atoms with Gasteiger partial charge in [-0.2, -0.15) is 0 Å². The first kappa shape index (κ1) is 15.9. The van der Waals surface area contributed by atoms with Gasteiger partial charge in [-0.3, -0.25) is 0 Å². The number of carbonyl (C=O) groups excluding carboxylic acids is 1. The van der Waals surface area contributed by atoms with Gasteiger partial charge in [0.2, 0.25) is 0 Å². The minimum Gasteiger partial charge on any atom is -0.495 e. The minimum atomic E-state index is -0.291. The SMILES string of the molecule is COc1ccc(C)cc1NC(=O)Nc1ccc(C(C)C)cc1. The van der Waals surface area contributed by atoms with Crippen molar-refractivity contribution in [1.82, 2.24) is 0 Å². The summed E-state index contributed by atoms with van der Waals surface area (Å²) in [6.07, 6.45) is 0. The van der Waals surface area contributed by atoms with Crippen LogP contribution in [0.3, 0.4) is 0 Å². The first-order chi connectivity index (χ1) is 10.5. The Balaban J connectivity index is 2.05. The molecule has 0 bridgehead atoms. The number of rotatable bonds is 4. The highest BCUT2D eigenvalue weighted by Crippen LogP contribution is 2.25. The summed E-state index contributed by atoms with van der Waals surface area (Å²) in [7, 11) is 1.58. The highest BCUT2D eigenvalue weighted by molar-refractivity contribution is 6.00. The topological polar surface area (TPSA) is 50.4 Å². The summed E-state index contributed by atoms with van der Waals surface area (Å²) < 4.78 is 5.25. The van der Waals surface area contributed by atoms with E-state index in [0.717, 1.165) is 11.3 Å².